The molecule has 1 aromatic carbocycles. The molecule has 1 N–H and O–H groups in total. The smallest absolute Gasteiger partial charge is 0.320 e. The average Bonchev–Trinajstić information content (AvgIpc) is 2.90. The highest BCUT2D eigenvalue weighted by molar-refractivity contribution is 6.35. The Morgan fingerprint density at radius 2 is 2.11 bits per heavy atom. The molecule has 5 nitrogen and oxygen atoms in total. The highest BCUT2D eigenvalue weighted by atomic mass is 35.5. The van der Waals surface area contributed by atoms with E-state index in [1.165, 1.54) is 0 Å². The third kappa shape index (κ3) is 2.34. The van der Waals surface area contributed by atoms with Crippen LogP contribution in [0.5, 0.6) is 0 Å². The van der Waals surface area contributed by atoms with Crippen LogP contribution in [0.2, 0.25) is 5.02 Å². The van der Waals surface area contributed by atoms with Gasteiger partial charge in [0.2, 0.25) is 5.89 Å². The summed E-state index contributed by atoms with van der Waals surface area (Å²) in [6, 6.07) is 7.59. The maximum atomic E-state index is 6.12. The van der Waals surface area contributed by atoms with E-state index >= 15 is 0 Å². The summed E-state index contributed by atoms with van der Waals surface area (Å²) in [7, 11) is 0. The lowest BCUT2D eigenvalue weighted by molar-refractivity contribution is 0.530. The third-order valence-corrected chi connectivity index (χ3v) is 3.10. The van der Waals surface area contributed by atoms with Crippen molar-refractivity contribution < 1.29 is 4.42 Å². The lowest BCUT2D eigenvalue weighted by Gasteiger charge is -2.06. The molecule has 0 aliphatic carbocycles. The number of nitrogens with one attached hydrogen (secondary N) is 1. The van der Waals surface area contributed by atoms with Crippen LogP contribution in [-0.4, -0.2) is 15.2 Å². The van der Waals surface area contributed by atoms with Crippen LogP contribution < -0.4 is 5.32 Å². The van der Waals surface area contributed by atoms with Crippen molar-refractivity contribution in [3.05, 3.63) is 41.4 Å². The number of pyridine rings is 1. The Morgan fingerprint density at radius 1 is 1.21 bits per heavy atom. The molecule has 0 atom stereocenters. The van der Waals surface area contributed by atoms with Gasteiger partial charge in [0, 0.05) is 11.6 Å². The second-order valence-corrected chi connectivity index (χ2v) is 4.43. The molecule has 0 fully saturated rings. The molecule has 3 rings (SSSR count). The fourth-order valence-corrected chi connectivity index (χ4v) is 2.04. The van der Waals surface area contributed by atoms with Gasteiger partial charge in [-0.3, -0.25) is 4.98 Å². The van der Waals surface area contributed by atoms with Gasteiger partial charge in [-0.1, -0.05) is 16.7 Å². The monoisotopic (exact) mass is 294 g/mol. The lowest BCUT2D eigenvalue weighted by atomic mass is 10.2. The fraction of sp³-hybridized carbons (Fsp3) is 0.0833. The summed E-state index contributed by atoms with van der Waals surface area (Å²) < 4.78 is 5.29. The first kappa shape index (κ1) is 12.2. The molecule has 0 amide bonds. The van der Waals surface area contributed by atoms with E-state index in [2.05, 4.69) is 20.5 Å². The van der Waals surface area contributed by atoms with Crippen LogP contribution in [0.3, 0.4) is 0 Å². The van der Waals surface area contributed by atoms with Gasteiger partial charge in [0.1, 0.15) is 5.88 Å². The van der Waals surface area contributed by atoms with E-state index in [9.17, 15) is 0 Å². The molecule has 0 saturated carbocycles. The number of aromatic nitrogens is 3. The first-order valence-corrected chi connectivity index (χ1v) is 6.38. The van der Waals surface area contributed by atoms with Gasteiger partial charge in [0.25, 0.3) is 0 Å². The van der Waals surface area contributed by atoms with E-state index < -0.39 is 0 Å². The molecule has 0 radical (unpaired) electrons. The van der Waals surface area contributed by atoms with Crippen molar-refractivity contribution in [2.24, 2.45) is 0 Å². The van der Waals surface area contributed by atoms with E-state index in [1.807, 2.05) is 18.2 Å². The van der Waals surface area contributed by atoms with Gasteiger partial charge < -0.3 is 9.73 Å². The Balaban J connectivity index is 2.03. The molecule has 0 unspecified atom stereocenters. The molecular formula is C12H8Cl2N4O. The summed E-state index contributed by atoms with van der Waals surface area (Å²) in [6.45, 7) is 0. The van der Waals surface area contributed by atoms with E-state index in [0.717, 1.165) is 16.6 Å². The van der Waals surface area contributed by atoms with E-state index in [1.54, 1.807) is 12.3 Å². The normalized spacial score (nSPS) is 10.8. The predicted octanol–water partition coefficient (Wildman–Crippen LogP) is 3.75. The largest absolute Gasteiger partial charge is 0.407 e. The molecule has 0 aliphatic rings. The molecule has 0 spiro atoms. The molecule has 7 heteroatoms. The Bertz CT molecular complexity index is 729. The number of rotatable bonds is 3. The molecule has 19 heavy (non-hydrogen) atoms. The molecular weight excluding hydrogens is 287 g/mol. The molecule has 3 aromatic rings. The number of nitrogens with zero attached hydrogens (tertiary/aromatic N) is 3. The van der Waals surface area contributed by atoms with Gasteiger partial charge >= 0.3 is 6.01 Å². The van der Waals surface area contributed by atoms with Crippen LogP contribution in [0.1, 0.15) is 5.89 Å². The number of alkyl halides is 1. The third-order valence-electron chi connectivity index (χ3n) is 2.54. The van der Waals surface area contributed by atoms with Gasteiger partial charge in [-0.25, -0.2) is 0 Å². The maximum absolute atomic E-state index is 6.12. The van der Waals surface area contributed by atoms with Crippen molar-refractivity contribution in [3.8, 4) is 0 Å². The zero-order valence-corrected chi connectivity index (χ0v) is 11.1. The standard InChI is InChI=1S/C12H8Cl2N4O/c13-6-10-17-18-12(19-10)16-9-4-3-8(14)7-2-1-5-15-11(7)9/h1-5H,6H2,(H,16,18). The van der Waals surface area contributed by atoms with Gasteiger partial charge in [-0.05, 0) is 24.3 Å². The zero-order chi connectivity index (χ0) is 13.2. The Morgan fingerprint density at radius 3 is 2.89 bits per heavy atom. The van der Waals surface area contributed by atoms with E-state index in [4.69, 9.17) is 27.6 Å². The number of anilines is 2. The van der Waals surface area contributed by atoms with Crippen molar-refractivity contribution in [3.63, 3.8) is 0 Å². The summed E-state index contributed by atoms with van der Waals surface area (Å²) in [4.78, 5) is 4.30. The zero-order valence-electron chi connectivity index (χ0n) is 9.60. The minimum atomic E-state index is 0.175. The van der Waals surface area contributed by atoms with Crippen molar-refractivity contribution in [2.45, 2.75) is 5.88 Å². The summed E-state index contributed by atoms with van der Waals surface area (Å²) in [5.41, 5.74) is 1.48. The van der Waals surface area contributed by atoms with Crippen molar-refractivity contribution >= 4 is 45.8 Å². The van der Waals surface area contributed by atoms with Crippen molar-refractivity contribution in [1.29, 1.82) is 0 Å². The highest BCUT2D eigenvalue weighted by Crippen LogP contribution is 2.29. The minimum absolute atomic E-state index is 0.175. The van der Waals surface area contributed by atoms with Crippen molar-refractivity contribution in [2.75, 3.05) is 5.32 Å². The van der Waals surface area contributed by atoms with Crippen LogP contribution in [0.15, 0.2) is 34.9 Å². The number of hydrogen-bond donors (Lipinski definition) is 1. The number of halogens is 2. The lowest BCUT2D eigenvalue weighted by Crippen LogP contribution is -1.93. The molecule has 0 saturated heterocycles. The summed E-state index contributed by atoms with van der Waals surface area (Å²) in [6.07, 6.45) is 1.70. The fourth-order valence-electron chi connectivity index (χ4n) is 1.71. The summed E-state index contributed by atoms with van der Waals surface area (Å²) >= 11 is 11.7. The maximum Gasteiger partial charge on any atom is 0.320 e. The van der Waals surface area contributed by atoms with E-state index in [0.29, 0.717) is 10.9 Å². The minimum Gasteiger partial charge on any atom is -0.407 e. The van der Waals surface area contributed by atoms with Crippen LogP contribution in [0.25, 0.3) is 10.9 Å². The number of benzene rings is 1. The van der Waals surface area contributed by atoms with Crippen LogP contribution in [0, 0.1) is 0 Å². The predicted molar refractivity (Wildman–Crippen MR) is 73.9 cm³/mol. The topological polar surface area (TPSA) is 63.8 Å². The molecule has 0 bridgehead atoms. The van der Waals surface area contributed by atoms with Gasteiger partial charge in [0.05, 0.1) is 16.2 Å². The average molecular weight is 295 g/mol. The van der Waals surface area contributed by atoms with Crippen molar-refractivity contribution in [1.82, 2.24) is 15.2 Å². The quantitative estimate of drug-likeness (QED) is 0.745. The summed E-state index contributed by atoms with van der Waals surface area (Å²) in [5.74, 6) is 0.532. The summed E-state index contributed by atoms with van der Waals surface area (Å²) in [5, 5.41) is 12.1. The Kier molecular flexibility index (Phi) is 3.23. The number of fused-ring (bicyclic) bond motifs is 1. The SMILES string of the molecule is ClCc1nnc(Nc2ccc(Cl)c3cccnc23)o1. The first-order valence-electron chi connectivity index (χ1n) is 5.46. The second kappa shape index (κ2) is 5.03. The molecule has 2 aromatic heterocycles. The van der Waals surface area contributed by atoms with Gasteiger partial charge in [0.15, 0.2) is 0 Å². The van der Waals surface area contributed by atoms with Crippen LogP contribution in [-0.2, 0) is 5.88 Å². The highest BCUT2D eigenvalue weighted by Gasteiger charge is 2.09. The number of hydrogen-bond acceptors (Lipinski definition) is 5. The van der Waals surface area contributed by atoms with Gasteiger partial charge in [-0.2, -0.15) is 0 Å². The Hall–Kier alpha value is -1.85. The molecule has 2 heterocycles. The van der Waals surface area contributed by atoms with E-state index in [-0.39, 0.29) is 11.9 Å². The molecule has 0 aliphatic heterocycles. The first-order chi connectivity index (χ1) is 9.28. The Labute approximate surface area is 118 Å². The second-order valence-electron chi connectivity index (χ2n) is 3.75. The van der Waals surface area contributed by atoms with Gasteiger partial charge in [-0.15, -0.1) is 16.7 Å². The van der Waals surface area contributed by atoms with Crippen LogP contribution in [0.4, 0.5) is 11.7 Å². The molecule has 96 valence electrons. The van der Waals surface area contributed by atoms with Crippen LogP contribution >= 0.6 is 23.2 Å².